The van der Waals surface area contributed by atoms with Crippen molar-refractivity contribution >= 4 is 5.97 Å². The fraction of sp³-hybridized carbons (Fsp3) is 0.647. The minimum atomic E-state index is -0.938. The lowest BCUT2D eigenvalue weighted by molar-refractivity contribution is -0.116. The molecule has 0 aromatic carbocycles. The smallest absolute Gasteiger partial charge is 0.356 e. The molecule has 1 saturated heterocycles. The maximum atomic E-state index is 11.5. The Bertz CT molecular complexity index is 619. The van der Waals surface area contributed by atoms with Crippen LogP contribution in [0.1, 0.15) is 35.1 Å². The number of aromatic carboxylic acids is 1. The molecular weight excluding hydrogens is 294 g/mol. The van der Waals surface area contributed by atoms with Gasteiger partial charge >= 0.3 is 5.97 Å². The standard InChI is InChI=1S/C17H25N3O3/c1-4-7-20-14-6-5-12(8-13(14)15(18-20)16(21)22)19(3)9-17(2)10-23-11-17/h4,12H,1,5-11H2,2-3H3,(H,21,22)/t12-/m0/s1. The van der Waals surface area contributed by atoms with Crippen molar-refractivity contribution in [3.05, 3.63) is 29.6 Å². The van der Waals surface area contributed by atoms with Crippen molar-refractivity contribution in [1.82, 2.24) is 14.7 Å². The van der Waals surface area contributed by atoms with Gasteiger partial charge in [-0.05, 0) is 26.3 Å². The number of ether oxygens (including phenoxy) is 1. The quantitative estimate of drug-likeness (QED) is 0.807. The summed E-state index contributed by atoms with van der Waals surface area (Å²) in [5.41, 5.74) is 2.40. The number of carboxylic acids is 1. The van der Waals surface area contributed by atoms with E-state index in [1.165, 1.54) is 0 Å². The van der Waals surface area contributed by atoms with Crippen molar-refractivity contribution in [1.29, 1.82) is 0 Å². The van der Waals surface area contributed by atoms with Gasteiger partial charge in [-0.15, -0.1) is 6.58 Å². The van der Waals surface area contributed by atoms with Gasteiger partial charge < -0.3 is 14.7 Å². The molecule has 1 N–H and O–H groups in total. The molecule has 1 aromatic heterocycles. The molecule has 0 bridgehead atoms. The summed E-state index contributed by atoms with van der Waals surface area (Å²) in [4.78, 5) is 13.9. The molecule has 0 spiro atoms. The maximum absolute atomic E-state index is 11.5. The Balaban J connectivity index is 1.79. The summed E-state index contributed by atoms with van der Waals surface area (Å²) in [5, 5.41) is 13.7. The average Bonchev–Trinajstić information content (AvgIpc) is 2.84. The molecule has 2 heterocycles. The number of carbonyl (C=O) groups is 1. The van der Waals surface area contributed by atoms with E-state index in [4.69, 9.17) is 4.74 Å². The zero-order valence-corrected chi connectivity index (χ0v) is 13.9. The summed E-state index contributed by atoms with van der Waals surface area (Å²) in [6.45, 7) is 9.14. The molecule has 6 nitrogen and oxygen atoms in total. The van der Waals surface area contributed by atoms with Gasteiger partial charge in [0.2, 0.25) is 0 Å². The van der Waals surface area contributed by atoms with Gasteiger partial charge in [-0.2, -0.15) is 5.10 Å². The minimum Gasteiger partial charge on any atom is -0.476 e. The third kappa shape index (κ3) is 3.05. The minimum absolute atomic E-state index is 0.207. The second-order valence-corrected chi connectivity index (χ2v) is 7.16. The van der Waals surface area contributed by atoms with Crippen molar-refractivity contribution in [2.24, 2.45) is 5.41 Å². The second-order valence-electron chi connectivity index (χ2n) is 7.16. The summed E-state index contributed by atoms with van der Waals surface area (Å²) in [7, 11) is 2.13. The zero-order valence-electron chi connectivity index (χ0n) is 13.9. The van der Waals surface area contributed by atoms with Crippen LogP contribution in [0, 0.1) is 5.41 Å². The molecule has 0 unspecified atom stereocenters. The van der Waals surface area contributed by atoms with E-state index in [0.29, 0.717) is 12.6 Å². The van der Waals surface area contributed by atoms with Gasteiger partial charge in [-0.25, -0.2) is 4.79 Å². The van der Waals surface area contributed by atoms with Gasteiger partial charge in [-0.3, -0.25) is 4.68 Å². The largest absolute Gasteiger partial charge is 0.476 e. The van der Waals surface area contributed by atoms with Crippen LogP contribution in [0.3, 0.4) is 0 Å². The molecule has 0 amide bonds. The molecule has 23 heavy (non-hydrogen) atoms. The van der Waals surface area contributed by atoms with Gasteiger partial charge in [0.25, 0.3) is 0 Å². The molecule has 1 aliphatic carbocycles. The molecule has 1 aromatic rings. The van der Waals surface area contributed by atoms with E-state index in [0.717, 1.165) is 50.3 Å². The fourth-order valence-corrected chi connectivity index (χ4v) is 3.76. The highest BCUT2D eigenvalue weighted by atomic mass is 16.5. The van der Waals surface area contributed by atoms with Crippen LogP contribution < -0.4 is 0 Å². The van der Waals surface area contributed by atoms with E-state index in [2.05, 4.69) is 30.5 Å². The van der Waals surface area contributed by atoms with Crippen LogP contribution in [-0.4, -0.2) is 58.6 Å². The van der Waals surface area contributed by atoms with Crippen molar-refractivity contribution in [3.63, 3.8) is 0 Å². The molecule has 2 aliphatic rings. The van der Waals surface area contributed by atoms with E-state index in [9.17, 15) is 9.90 Å². The first-order chi connectivity index (χ1) is 10.9. The summed E-state index contributed by atoms with van der Waals surface area (Å²) in [6.07, 6.45) is 4.41. The van der Waals surface area contributed by atoms with E-state index in [1.54, 1.807) is 10.8 Å². The molecule has 0 saturated carbocycles. The van der Waals surface area contributed by atoms with Crippen molar-refractivity contribution in [2.75, 3.05) is 26.8 Å². The lowest BCUT2D eigenvalue weighted by Crippen LogP contribution is -2.51. The van der Waals surface area contributed by atoms with E-state index < -0.39 is 5.97 Å². The Morgan fingerprint density at radius 3 is 2.91 bits per heavy atom. The SMILES string of the molecule is C=CCn1nc(C(=O)O)c2c1CC[C@H](N(C)CC1(C)COC1)C2. The molecular formula is C17H25N3O3. The number of fused-ring (bicyclic) bond motifs is 1. The number of rotatable bonds is 6. The van der Waals surface area contributed by atoms with Crippen LogP contribution in [0.4, 0.5) is 0 Å². The van der Waals surface area contributed by atoms with Gasteiger partial charge in [0, 0.05) is 29.3 Å². The number of likely N-dealkylation sites (N-methyl/N-ethyl adjacent to an activating group) is 1. The van der Waals surface area contributed by atoms with Gasteiger partial charge in [-0.1, -0.05) is 13.0 Å². The van der Waals surface area contributed by atoms with Crippen molar-refractivity contribution < 1.29 is 14.6 Å². The number of hydrogen-bond donors (Lipinski definition) is 1. The van der Waals surface area contributed by atoms with Crippen molar-refractivity contribution in [2.45, 2.75) is 38.8 Å². The third-order valence-corrected chi connectivity index (χ3v) is 4.98. The highest BCUT2D eigenvalue weighted by Crippen LogP contribution is 2.31. The Kier molecular flexibility index (Phi) is 4.29. The Morgan fingerprint density at radius 2 is 2.35 bits per heavy atom. The molecule has 1 atom stereocenters. The maximum Gasteiger partial charge on any atom is 0.356 e. The number of allylic oxidation sites excluding steroid dienone is 1. The predicted octanol–water partition coefficient (Wildman–Crippen LogP) is 1.59. The lowest BCUT2D eigenvalue weighted by Gasteiger charge is -2.43. The summed E-state index contributed by atoms with van der Waals surface area (Å²) in [6, 6.07) is 0.361. The topological polar surface area (TPSA) is 67.6 Å². The van der Waals surface area contributed by atoms with Crippen LogP contribution in [0.5, 0.6) is 0 Å². The lowest BCUT2D eigenvalue weighted by atomic mass is 9.85. The number of hydrogen-bond acceptors (Lipinski definition) is 4. The van der Waals surface area contributed by atoms with E-state index >= 15 is 0 Å². The first-order valence-electron chi connectivity index (χ1n) is 8.14. The molecule has 6 heteroatoms. The van der Waals surface area contributed by atoms with Crippen LogP contribution in [-0.2, 0) is 24.1 Å². The normalized spacial score (nSPS) is 22.5. The number of nitrogens with zero attached hydrogens (tertiary/aromatic N) is 3. The van der Waals surface area contributed by atoms with Gasteiger partial charge in [0.15, 0.2) is 5.69 Å². The van der Waals surface area contributed by atoms with Crippen LogP contribution in [0.15, 0.2) is 12.7 Å². The van der Waals surface area contributed by atoms with Crippen LogP contribution >= 0.6 is 0 Å². The molecule has 126 valence electrons. The van der Waals surface area contributed by atoms with Crippen LogP contribution in [0.2, 0.25) is 0 Å². The van der Waals surface area contributed by atoms with E-state index in [-0.39, 0.29) is 11.1 Å². The first-order valence-corrected chi connectivity index (χ1v) is 8.14. The van der Waals surface area contributed by atoms with Gasteiger partial charge in [0.05, 0.1) is 19.8 Å². The highest BCUT2D eigenvalue weighted by Gasteiger charge is 2.37. The Labute approximate surface area is 136 Å². The van der Waals surface area contributed by atoms with Gasteiger partial charge in [0.1, 0.15) is 0 Å². The Morgan fingerprint density at radius 1 is 1.61 bits per heavy atom. The second kappa shape index (κ2) is 6.09. The molecule has 1 fully saturated rings. The molecule has 3 rings (SSSR count). The molecule has 0 radical (unpaired) electrons. The van der Waals surface area contributed by atoms with Crippen molar-refractivity contribution in [3.8, 4) is 0 Å². The summed E-state index contributed by atoms with van der Waals surface area (Å²) >= 11 is 0. The summed E-state index contributed by atoms with van der Waals surface area (Å²) < 4.78 is 7.13. The number of aromatic nitrogens is 2. The summed E-state index contributed by atoms with van der Waals surface area (Å²) in [5.74, 6) is -0.938. The highest BCUT2D eigenvalue weighted by molar-refractivity contribution is 5.87. The van der Waals surface area contributed by atoms with Crippen LogP contribution in [0.25, 0.3) is 0 Å². The fourth-order valence-electron chi connectivity index (χ4n) is 3.76. The average molecular weight is 319 g/mol. The van der Waals surface area contributed by atoms with E-state index in [1.807, 2.05) is 0 Å². The number of carboxylic acid groups (broad SMARTS) is 1. The monoisotopic (exact) mass is 319 g/mol. The first kappa shape index (κ1) is 16.2. The molecule has 1 aliphatic heterocycles. The third-order valence-electron chi connectivity index (χ3n) is 4.98. The predicted molar refractivity (Wildman–Crippen MR) is 86.8 cm³/mol. The Hall–Kier alpha value is -1.66. The zero-order chi connectivity index (χ0) is 16.6.